The molecule has 1 fully saturated rings. The van der Waals surface area contributed by atoms with E-state index in [9.17, 15) is 0 Å². The van der Waals surface area contributed by atoms with E-state index in [0.717, 1.165) is 36.8 Å². The molecule has 3 N–H and O–H groups in total. The van der Waals surface area contributed by atoms with E-state index in [1.54, 1.807) is 0 Å². The molecule has 0 aromatic carbocycles. The summed E-state index contributed by atoms with van der Waals surface area (Å²) in [6.45, 7) is 2.81. The largest absolute Gasteiger partial charge is 0.386 e. The third-order valence-corrected chi connectivity index (χ3v) is 2.75. The van der Waals surface area contributed by atoms with Gasteiger partial charge in [-0.25, -0.2) is 0 Å². The third kappa shape index (κ3) is 1.81. The predicted molar refractivity (Wildman–Crippen MR) is 54.2 cm³/mol. The topological polar surface area (TPSA) is 41.3 Å². The van der Waals surface area contributed by atoms with Gasteiger partial charge in [0.1, 0.15) is 0 Å². The van der Waals surface area contributed by atoms with Crippen LogP contribution in [0.2, 0.25) is 0 Å². The van der Waals surface area contributed by atoms with Gasteiger partial charge in [-0.3, -0.25) is 0 Å². The summed E-state index contributed by atoms with van der Waals surface area (Å²) in [7, 11) is 0. The van der Waals surface area contributed by atoms with Gasteiger partial charge in [-0.2, -0.15) is 0 Å². The van der Waals surface area contributed by atoms with Crippen LogP contribution in [0.25, 0.3) is 0 Å². The molecule has 0 aromatic rings. The van der Waals surface area contributed by atoms with Crippen LogP contribution in [0.3, 0.4) is 0 Å². The van der Waals surface area contributed by atoms with Gasteiger partial charge in [-0.05, 0) is 12.5 Å². The lowest BCUT2D eigenvalue weighted by Crippen LogP contribution is -2.28. The minimum atomic E-state index is 0.306. The van der Waals surface area contributed by atoms with E-state index in [-0.39, 0.29) is 0 Å². The number of likely N-dealkylation sites (tertiary alicyclic amines) is 1. The molecular formula is C9H14ClN3. The van der Waals surface area contributed by atoms with Crippen molar-refractivity contribution in [2.24, 2.45) is 5.73 Å². The number of nitrogens with two attached hydrogens (primary N) is 1. The normalized spacial score (nSPS) is 28.2. The summed E-state index contributed by atoms with van der Waals surface area (Å²) in [6, 6.07) is 0.306. The lowest BCUT2D eigenvalue weighted by Gasteiger charge is -2.23. The first kappa shape index (κ1) is 8.91. The number of nitrogens with zero attached hydrogens (tertiary/aromatic N) is 1. The molecule has 1 saturated heterocycles. The number of halogens is 1. The molecule has 4 heteroatoms. The Morgan fingerprint density at radius 3 is 3.08 bits per heavy atom. The number of hydrogen-bond donors (Lipinski definition) is 2. The summed E-state index contributed by atoms with van der Waals surface area (Å²) in [5.41, 5.74) is 6.96. The van der Waals surface area contributed by atoms with Gasteiger partial charge in [0.15, 0.2) is 0 Å². The van der Waals surface area contributed by atoms with Crippen molar-refractivity contribution in [3.63, 3.8) is 0 Å². The summed E-state index contributed by atoms with van der Waals surface area (Å²) >= 11 is 6.06. The first-order valence-electron chi connectivity index (χ1n) is 4.57. The smallest absolute Gasteiger partial charge is 0.0793 e. The van der Waals surface area contributed by atoms with Crippen molar-refractivity contribution in [3.8, 4) is 0 Å². The third-order valence-electron chi connectivity index (χ3n) is 2.45. The minimum Gasteiger partial charge on any atom is -0.386 e. The van der Waals surface area contributed by atoms with Crippen molar-refractivity contribution < 1.29 is 0 Å². The molecule has 0 aliphatic carbocycles. The molecule has 0 amide bonds. The second-order valence-electron chi connectivity index (χ2n) is 3.48. The Morgan fingerprint density at radius 2 is 2.46 bits per heavy atom. The number of allylic oxidation sites excluding steroid dienone is 1. The van der Waals surface area contributed by atoms with E-state index >= 15 is 0 Å². The lowest BCUT2D eigenvalue weighted by molar-refractivity contribution is 0.427. The quantitative estimate of drug-likeness (QED) is 0.650. The summed E-state index contributed by atoms with van der Waals surface area (Å²) < 4.78 is 0. The van der Waals surface area contributed by atoms with Crippen molar-refractivity contribution in [1.29, 1.82) is 0 Å². The molecule has 0 bridgehead atoms. The Labute approximate surface area is 83.2 Å². The van der Waals surface area contributed by atoms with Crippen LogP contribution in [0, 0.1) is 0 Å². The zero-order chi connectivity index (χ0) is 9.26. The van der Waals surface area contributed by atoms with Gasteiger partial charge in [0.2, 0.25) is 0 Å². The molecule has 0 radical (unpaired) electrons. The predicted octanol–water partition coefficient (Wildman–Crippen LogP) is 0.587. The molecule has 2 heterocycles. The van der Waals surface area contributed by atoms with Crippen LogP contribution in [0.4, 0.5) is 0 Å². The maximum Gasteiger partial charge on any atom is 0.0793 e. The molecule has 13 heavy (non-hydrogen) atoms. The summed E-state index contributed by atoms with van der Waals surface area (Å²) in [4.78, 5) is 2.25. The van der Waals surface area contributed by atoms with Gasteiger partial charge in [-0.1, -0.05) is 11.6 Å². The molecule has 0 aromatic heterocycles. The highest BCUT2D eigenvalue weighted by Crippen LogP contribution is 2.24. The monoisotopic (exact) mass is 199 g/mol. The van der Waals surface area contributed by atoms with Crippen molar-refractivity contribution >= 4 is 11.6 Å². The lowest BCUT2D eigenvalue weighted by atomic mass is 10.3. The van der Waals surface area contributed by atoms with Gasteiger partial charge in [0, 0.05) is 31.9 Å². The van der Waals surface area contributed by atoms with Gasteiger partial charge in [-0.15, -0.1) is 0 Å². The fourth-order valence-corrected chi connectivity index (χ4v) is 2.04. The van der Waals surface area contributed by atoms with Crippen molar-refractivity contribution in [2.75, 3.05) is 19.6 Å². The highest BCUT2D eigenvalue weighted by atomic mass is 35.5. The van der Waals surface area contributed by atoms with Crippen molar-refractivity contribution in [1.82, 2.24) is 10.2 Å². The SMILES string of the molecule is N[C@@H]1CCN(C2=CCNC=C2Cl)C1. The van der Waals surface area contributed by atoms with Crippen molar-refractivity contribution in [2.45, 2.75) is 12.5 Å². The number of dihydropyridines is 1. The molecule has 1 atom stereocenters. The molecule has 72 valence electrons. The highest BCUT2D eigenvalue weighted by molar-refractivity contribution is 6.31. The Morgan fingerprint density at radius 1 is 1.62 bits per heavy atom. The average Bonchev–Trinajstić information content (AvgIpc) is 2.53. The first-order chi connectivity index (χ1) is 6.27. The number of rotatable bonds is 1. The highest BCUT2D eigenvalue weighted by Gasteiger charge is 2.23. The number of nitrogens with one attached hydrogen (secondary N) is 1. The Bertz CT molecular complexity index is 260. The Kier molecular flexibility index (Phi) is 2.47. The first-order valence-corrected chi connectivity index (χ1v) is 4.95. The molecule has 0 unspecified atom stereocenters. The van der Waals surface area contributed by atoms with Crippen LogP contribution in [0.15, 0.2) is 23.0 Å². The molecule has 2 aliphatic rings. The van der Waals surface area contributed by atoms with E-state index in [1.807, 2.05) is 6.20 Å². The zero-order valence-electron chi connectivity index (χ0n) is 7.46. The van der Waals surface area contributed by atoms with Crippen LogP contribution in [0.1, 0.15) is 6.42 Å². The maximum atomic E-state index is 6.06. The fourth-order valence-electron chi connectivity index (χ4n) is 1.76. The Hall–Kier alpha value is -0.670. The molecular weight excluding hydrogens is 186 g/mol. The van der Waals surface area contributed by atoms with Crippen LogP contribution < -0.4 is 11.1 Å². The summed E-state index contributed by atoms with van der Waals surface area (Å²) in [5, 5.41) is 3.86. The molecule has 2 rings (SSSR count). The Balaban J connectivity index is 2.08. The van der Waals surface area contributed by atoms with Crippen LogP contribution >= 0.6 is 11.6 Å². The summed E-state index contributed by atoms with van der Waals surface area (Å²) in [6.07, 6.45) is 5.02. The van der Waals surface area contributed by atoms with Gasteiger partial charge < -0.3 is 16.0 Å². The second kappa shape index (κ2) is 3.60. The maximum absolute atomic E-state index is 6.06. The van der Waals surface area contributed by atoms with E-state index in [1.165, 1.54) is 0 Å². The van der Waals surface area contributed by atoms with E-state index in [2.05, 4.69) is 16.3 Å². The van der Waals surface area contributed by atoms with Gasteiger partial charge in [0.05, 0.1) is 10.7 Å². The van der Waals surface area contributed by atoms with Gasteiger partial charge in [0.25, 0.3) is 0 Å². The molecule has 0 spiro atoms. The number of hydrogen-bond acceptors (Lipinski definition) is 3. The standard InChI is InChI=1S/C9H14ClN3/c10-8-5-12-3-1-9(8)13-4-2-7(11)6-13/h1,5,7,12H,2-4,6,11H2/t7-/m1/s1. The minimum absolute atomic E-state index is 0.306. The second-order valence-corrected chi connectivity index (χ2v) is 3.89. The van der Waals surface area contributed by atoms with E-state index in [4.69, 9.17) is 17.3 Å². The van der Waals surface area contributed by atoms with Crippen LogP contribution in [0.5, 0.6) is 0 Å². The van der Waals surface area contributed by atoms with E-state index < -0.39 is 0 Å². The molecule has 3 nitrogen and oxygen atoms in total. The van der Waals surface area contributed by atoms with Crippen molar-refractivity contribution in [3.05, 3.63) is 23.0 Å². The van der Waals surface area contributed by atoms with Gasteiger partial charge >= 0.3 is 0 Å². The van der Waals surface area contributed by atoms with Crippen LogP contribution in [-0.2, 0) is 0 Å². The average molecular weight is 200 g/mol. The van der Waals surface area contributed by atoms with Crippen LogP contribution in [-0.4, -0.2) is 30.6 Å². The fraction of sp³-hybridized carbons (Fsp3) is 0.556. The summed E-state index contributed by atoms with van der Waals surface area (Å²) in [5.74, 6) is 0. The van der Waals surface area contributed by atoms with E-state index in [0.29, 0.717) is 6.04 Å². The zero-order valence-corrected chi connectivity index (χ0v) is 8.22. The molecule has 2 aliphatic heterocycles. The molecule has 0 saturated carbocycles.